The van der Waals surface area contributed by atoms with E-state index in [1.54, 1.807) is 0 Å². The highest BCUT2D eigenvalue weighted by Gasteiger charge is 2.56. The number of hydrogen-bond donors (Lipinski definition) is 0. The molecule has 0 saturated heterocycles. The number of rotatable bonds is 6. The van der Waals surface area contributed by atoms with E-state index in [1.807, 2.05) is 11.3 Å². The molecule has 0 fully saturated rings. The highest BCUT2D eigenvalue weighted by atomic mass is 32.1. The molecule has 3 aliphatic carbocycles. The molecule has 1 nitrogen and oxygen atoms in total. The van der Waals surface area contributed by atoms with Crippen LogP contribution in [0.3, 0.4) is 0 Å². The van der Waals surface area contributed by atoms with Crippen LogP contribution in [0.15, 0.2) is 230 Å². The van der Waals surface area contributed by atoms with Gasteiger partial charge in [-0.25, -0.2) is 0 Å². The summed E-state index contributed by atoms with van der Waals surface area (Å²) in [5.74, 6) is 0.550. The average molecular weight is 786 g/mol. The summed E-state index contributed by atoms with van der Waals surface area (Å²) in [6.07, 6.45) is 15.3. The van der Waals surface area contributed by atoms with E-state index in [0.717, 1.165) is 6.42 Å². The summed E-state index contributed by atoms with van der Waals surface area (Å²) in [5.41, 5.74) is 9.80. The molecule has 60 heavy (non-hydrogen) atoms. The molecule has 0 saturated carbocycles. The molecule has 1 aromatic heterocycles. The third kappa shape index (κ3) is 5.24. The SMILES string of the molecule is CC1(N(c2ccc(-c3ccc4sc5ccccc5c4c3)cc2)c2cc3ccccc3c3ccccc23)C=CC2=C(C1)C(c1ccccc1)(c1ccccc1)C1C=CC=CC21. The zero-order valence-electron chi connectivity index (χ0n) is 33.5. The third-order valence-corrected chi connectivity index (χ3v) is 14.9. The summed E-state index contributed by atoms with van der Waals surface area (Å²) in [6, 6.07) is 68.1. The van der Waals surface area contributed by atoms with Crippen LogP contribution in [0.4, 0.5) is 11.4 Å². The smallest absolute Gasteiger partial charge is 0.0646 e. The lowest BCUT2D eigenvalue weighted by molar-refractivity contribution is 0.405. The van der Waals surface area contributed by atoms with Gasteiger partial charge in [0.05, 0.1) is 11.2 Å². The topological polar surface area (TPSA) is 3.24 Å². The quantitative estimate of drug-likeness (QED) is 0.152. The summed E-state index contributed by atoms with van der Waals surface area (Å²) in [5, 5.41) is 7.72. The standard InChI is InChI=1S/C58H43NS/c1-57(35-34-48-47-23-12-14-26-52(47)58(53(48)38-57,42-17-4-2-5-18-42)43-19-6-3-7-20-43)59(54-37-41-16-8-9-21-45(41)46-22-10-11-24-49(46)54)44-31-28-39(29-32-44)40-30-33-56-51(36-40)50-25-13-15-27-55(50)60-56/h2-37,47,52H,38H2,1H3. The molecule has 2 heteroatoms. The van der Waals surface area contributed by atoms with Crippen molar-refractivity contribution in [3.63, 3.8) is 0 Å². The van der Waals surface area contributed by atoms with Crippen molar-refractivity contribution >= 4 is 64.4 Å². The maximum Gasteiger partial charge on any atom is 0.0646 e. The molecule has 1 heterocycles. The Morgan fingerprint density at radius 2 is 1.15 bits per heavy atom. The lowest BCUT2D eigenvalue weighted by Crippen LogP contribution is -2.46. The Kier molecular flexibility index (Phi) is 8.02. The molecule has 8 aromatic carbocycles. The van der Waals surface area contributed by atoms with Gasteiger partial charge in [-0.15, -0.1) is 11.3 Å². The predicted octanol–water partition coefficient (Wildman–Crippen LogP) is 15.5. The van der Waals surface area contributed by atoms with Crippen LogP contribution in [0.1, 0.15) is 24.5 Å². The van der Waals surface area contributed by atoms with E-state index in [9.17, 15) is 0 Å². The summed E-state index contributed by atoms with van der Waals surface area (Å²) in [6.45, 7) is 2.47. The van der Waals surface area contributed by atoms with Gasteiger partial charge in [-0.05, 0) is 99.3 Å². The van der Waals surface area contributed by atoms with Crippen molar-refractivity contribution in [3.8, 4) is 11.1 Å². The first-order valence-corrected chi connectivity index (χ1v) is 22.0. The average Bonchev–Trinajstić information content (AvgIpc) is 3.83. The Balaban J connectivity index is 1.06. The number of benzene rings is 8. The molecule has 286 valence electrons. The molecule has 0 aliphatic heterocycles. The molecule has 0 N–H and O–H groups in total. The minimum Gasteiger partial charge on any atom is -0.331 e. The molecule has 3 aliphatic rings. The summed E-state index contributed by atoms with van der Waals surface area (Å²) >= 11 is 1.87. The second-order valence-corrected chi connectivity index (χ2v) is 18.1. The van der Waals surface area contributed by atoms with Crippen molar-refractivity contribution in [1.29, 1.82) is 0 Å². The van der Waals surface area contributed by atoms with Crippen LogP contribution in [-0.2, 0) is 5.41 Å². The second-order valence-electron chi connectivity index (χ2n) is 17.0. The highest BCUT2D eigenvalue weighted by Crippen LogP contribution is 2.62. The minimum atomic E-state index is -0.421. The minimum absolute atomic E-state index is 0.260. The van der Waals surface area contributed by atoms with Crippen molar-refractivity contribution in [2.24, 2.45) is 11.8 Å². The normalized spacial score (nSPS) is 20.3. The molecule has 3 unspecified atom stereocenters. The van der Waals surface area contributed by atoms with Crippen LogP contribution in [0, 0.1) is 11.8 Å². The zero-order chi connectivity index (χ0) is 39.8. The van der Waals surface area contributed by atoms with Crippen LogP contribution < -0.4 is 4.90 Å². The monoisotopic (exact) mass is 785 g/mol. The van der Waals surface area contributed by atoms with Crippen LogP contribution in [-0.4, -0.2) is 5.54 Å². The molecule has 12 rings (SSSR count). The number of fused-ring (bicyclic) bond motifs is 8. The maximum absolute atomic E-state index is 2.66. The number of hydrogen-bond acceptors (Lipinski definition) is 2. The Morgan fingerprint density at radius 1 is 0.533 bits per heavy atom. The summed E-state index contributed by atoms with van der Waals surface area (Å²) in [7, 11) is 0. The molecule has 0 bridgehead atoms. The van der Waals surface area contributed by atoms with E-state index in [0.29, 0.717) is 0 Å². The molecule has 0 amide bonds. The fourth-order valence-corrected chi connectivity index (χ4v) is 12.3. The van der Waals surface area contributed by atoms with Gasteiger partial charge in [-0.3, -0.25) is 0 Å². The van der Waals surface area contributed by atoms with Gasteiger partial charge >= 0.3 is 0 Å². The zero-order valence-corrected chi connectivity index (χ0v) is 34.3. The van der Waals surface area contributed by atoms with Gasteiger partial charge in [0, 0.05) is 48.5 Å². The summed E-state index contributed by atoms with van der Waals surface area (Å²) < 4.78 is 2.67. The Morgan fingerprint density at radius 3 is 1.92 bits per heavy atom. The number of anilines is 2. The van der Waals surface area contributed by atoms with Crippen LogP contribution >= 0.6 is 11.3 Å². The van der Waals surface area contributed by atoms with Gasteiger partial charge in [0.25, 0.3) is 0 Å². The first-order valence-electron chi connectivity index (χ1n) is 21.2. The van der Waals surface area contributed by atoms with Crippen molar-refractivity contribution in [3.05, 3.63) is 241 Å². The van der Waals surface area contributed by atoms with Crippen molar-refractivity contribution < 1.29 is 0 Å². The van der Waals surface area contributed by atoms with Crippen molar-refractivity contribution in [2.75, 3.05) is 4.90 Å². The van der Waals surface area contributed by atoms with Gasteiger partial charge < -0.3 is 4.90 Å². The number of allylic oxidation sites excluding steroid dienone is 6. The van der Waals surface area contributed by atoms with Gasteiger partial charge in [0.2, 0.25) is 0 Å². The lowest BCUT2D eigenvalue weighted by atomic mass is 9.60. The molecule has 3 atom stereocenters. The number of thiophene rings is 1. The molecule has 0 spiro atoms. The van der Waals surface area contributed by atoms with Crippen LogP contribution in [0.2, 0.25) is 0 Å². The van der Waals surface area contributed by atoms with Gasteiger partial charge in [0.15, 0.2) is 0 Å². The van der Waals surface area contributed by atoms with Gasteiger partial charge in [-0.1, -0.05) is 182 Å². The highest BCUT2D eigenvalue weighted by molar-refractivity contribution is 7.25. The fourth-order valence-electron chi connectivity index (χ4n) is 11.2. The molecular formula is C58H43NS. The fraction of sp³-hybridized carbons (Fsp3) is 0.103. The largest absolute Gasteiger partial charge is 0.331 e. The Bertz CT molecular complexity index is 3220. The predicted molar refractivity (Wildman–Crippen MR) is 256 cm³/mol. The van der Waals surface area contributed by atoms with Crippen molar-refractivity contribution in [1.82, 2.24) is 0 Å². The lowest BCUT2D eigenvalue weighted by Gasteiger charge is -2.47. The van der Waals surface area contributed by atoms with E-state index in [4.69, 9.17) is 0 Å². The second kappa shape index (κ2) is 13.7. The van der Waals surface area contributed by atoms with E-state index >= 15 is 0 Å². The van der Waals surface area contributed by atoms with Crippen LogP contribution in [0.25, 0.3) is 52.8 Å². The number of nitrogens with zero attached hydrogens (tertiary/aromatic N) is 1. The van der Waals surface area contributed by atoms with Gasteiger partial charge in [0.1, 0.15) is 0 Å². The first-order chi connectivity index (χ1) is 29.6. The van der Waals surface area contributed by atoms with E-state index < -0.39 is 5.54 Å². The first kappa shape index (κ1) is 35.2. The molecular weight excluding hydrogens is 743 g/mol. The summed E-state index contributed by atoms with van der Waals surface area (Å²) in [4.78, 5) is 2.66. The van der Waals surface area contributed by atoms with E-state index in [2.05, 4.69) is 230 Å². The van der Waals surface area contributed by atoms with E-state index in [1.165, 1.54) is 86.5 Å². The van der Waals surface area contributed by atoms with Gasteiger partial charge in [-0.2, -0.15) is 0 Å². The van der Waals surface area contributed by atoms with Crippen molar-refractivity contribution in [2.45, 2.75) is 24.3 Å². The molecule has 9 aromatic rings. The van der Waals surface area contributed by atoms with Crippen LogP contribution in [0.5, 0.6) is 0 Å². The molecule has 0 radical (unpaired) electrons. The maximum atomic E-state index is 2.66. The Hall–Kier alpha value is -6.74. The Labute approximate surface area is 355 Å². The third-order valence-electron chi connectivity index (χ3n) is 13.8. The van der Waals surface area contributed by atoms with E-state index in [-0.39, 0.29) is 17.3 Å².